The summed E-state index contributed by atoms with van der Waals surface area (Å²) in [4.78, 5) is 12.5. The maximum Gasteiger partial charge on any atom is 0.168 e. The maximum absolute atomic E-state index is 12.5. The molecule has 3 aliphatic carbocycles. The van der Waals surface area contributed by atoms with Gasteiger partial charge in [-0.2, -0.15) is 0 Å². The van der Waals surface area contributed by atoms with E-state index in [1.54, 1.807) is 7.11 Å². The van der Waals surface area contributed by atoms with Crippen LogP contribution in [-0.2, 0) is 9.53 Å². The molecule has 0 bridgehead atoms. The van der Waals surface area contributed by atoms with E-state index < -0.39 is 17.8 Å². The lowest BCUT2D eigenvalue weighted by molar-refractivity contribution is -0.208. The van der Waals surface area contributed by atoms with Gasteiger partial charge < -0.3 is 14.9 Å². The lowest BCUT2D eigenvalue weighted by Gasteiger charge is -2.58. The summed E-state index contributed by atoms with van der Waals surface area (Å²) < 4.78 is 5.67. The van der Waals surface area contributed by atoms with Crippen molar-refractivity contribution >= 4 is 5.78 Å². The third kappa shape index (κ3) is 2.87. The Kier molecular flexibility index (Phi) is 5.48. The largest absolute Gasteiger partial charge is 0.393 e. The van der Waals surface area contributed by atoms with Crippen LogP contribution in [-0.4, -0.2) is 40.9 Å². The number of aliphatic hydroxyl groups excluding tert-OH is 2. The number of rotatable bonds is 5. The highest BCUT2D eigenvalue weighted by Gasteiger charge is 2.66. The van der Waals surface area contributed by atoms with Crippen molar-refractivity contribution in [2.24, 2.45) is 23.7 Å². The minimum Gasteiger partial charge on any atom is -0.393 e. The first kappa shape index (κ1) is 18.1. The molecule has 4 heteroatoms. The number of Topliss-reactive ketones (excluding diaryl/α,β-unsaturated/α-hetero) is 1. The van der Waals surface area contributed by atoms with Crippen molar-refractivity contribution in [2.75, 3.05) is 7.11 Å². The number of hydrogen-bond acceptors (Lipinski definition) is 4. The van der Waals surface area contributed by atoms with Gasteiger partial charge >= 0.3 is 0 Å². The average molecular weight is 336 g/mol. The van der Waals surface area contributed by atoms with Gasteiger partial charge in [0.15, 0.2) is 5.78 Å². The number of fused-ring (bicyclic) bond motifs is 1. The second kappa shape index (κ2) is 7.27. The van der Waals surface area contributed by atoms with Crippen LogP contribution < -0.4 is 0 Å². The quantitative estimate of drug-likeness (QED) is 0.758. The van der Waals surface area contributed by atoms with Crippen LogP contribution in [0.15, 0.2) is 12.2 Å². The van der Waals surface area contributed by atoms with Crippen molar-refractivity contribution in [2.45, 2.75) is 76.1 Å². The Morgan fingerprint density at radius 3 is 2.62 bits per heavy atom. The molecule has 0 aliphatic heterocycles. The van der Waals surface area contributed by atoms with E-state index in [2.05, 4.69) is 0 Å². The highest BCUT2D eigenvalue weighted by molar-refractivity contribution is 5.97. The van der Waals surface area contributed by atoms with Gasteiger partial charge in [0.1, 0.15) is 5.60 Å². The van der Waals surface area contributed by atoms with Gasteiger partial charge in [0, 0.05) is 24.9 Å². The smallest absolute Gasteiger partial charge is 0.168 e. The lowest BCUT2D eigenvalue weighted by atomic mass is 9.49. The number of aliphatic hydroxyl groups is 2. The van der Waals surface area contributed by atoms with E-state index >= 15 is 0 Å². The molecular formula is C20H32O4. The molecule has 136 valence electrons. The summed E-state index contributed by atoms with van der Waals surface area (Å²) in [5.41, 5.74) is -0.704. The Hall–Kier alpha value is -0.710. The SMILES string of the molecule is CCC1C(=O)C2(OC)CC[C@H](O)[C@@H](/C=C/[C@@H](O)C3CCCCC3)[C@H]12. The summed E-state index contributed by atoms with van der Waals surface area (Å²) in [6, 6.07) is 0. The Morgan fingerprint density at radius 1 is 1.29 bits per heavy atom. The van der Waals surface area contributed by atoms with Crippen LogP contribution in [0.4, 0.5) is 0 Å². The van der Waals surface area contributed by atoms with Crippen LogP contribution >= 0.6 is 0 Å². The van der Waals surface area contributed by atoms with Crippen molar-refractivity contribution in [3.63, 3.8) is 0 Å². The van der Waals surface area contributed by atoms with Crippen LogP contribution in [0.5, 0.6) is 0 Å². The Bertz CT molecular complexity index is 482. The van der Waals surface area contributed by atoms with Gasteiger partial charge in [0.2, 0.25) is 0 Å². The third-order valence-corrected chi connectivity index (χ3v) is 6.86. The molecule has 6 atom stereocenters. The van der Waals surface area contributed by atoms with Crippen LogP contribution in [0.3, 0.4) is 0 Å². The molecule has 0 heterocycles. The summed E-state index contributed by atoms with van der Waals surface area (Å²) >= 11 is 0. The fraction of sp³-hybridized carbons (Fsp3) is 0.850. The van der Waals surface area contributed by atoms with Crippen LogP contribution in [0.2, 0.25) is 0 Å². The lowest BCUT2D eigenvalue weighted by Crippen LogP contribution is -2.69. The average Bonchev–Trinajstić information content (AvgIpc) is 2.62. The zero-order valence-electron chi connectivity index (χ0n) is 15.0. The van der Waals surface area contributed by atoms with Crippen molar-refractivity contribution < 1.29 is 19.7 Å². The van der Waals surface area contributed by atoms with E-state index in [9.17, 15) is 15.0 Å². The normalized spacial score (nSPS) is 41.9. The number of hydrogen-bond donors (Lipinski definition) is 2. The molecule has 3 rings (SSSR count). The van der Waals surface area contributed by atoms with E-state index in [1.165, 1.54) is 19.3 Å². The molecule has 24 heavy (non-hydrogen) atoms. The first-order valence-electron chi connectivity index (χ1n) is 9.69. The molecule has 2 unspecified atom stereocenters. The summed E-state index contributed by atoms with van der Waals surface area (Å²) in [5, 5.41) is 21.0. The van der Waals surface area contributed by atoms with Gasteiger partial charge in [-0.25, -0.2) is 0 Å². The molecule has 0 spiro atoms. The molecule has 2 N–H and O–H groups in total. The second-order valence-corrected chi connectivity index (χ2v) is 7.96. The maximum atomic E-state index is 12.5. The van der Waals surface area contributed by atoms with Crippen molar-refractivity contribution in [1.82, 2.24) is 0 Å². The van der Waals surface area contributed by atoms with Crippen molar-refractivity contribution in [3.8, 4) is 0 Å². The van der Waals surface area contributed by atoms with E-state index in [0.29, 0.717) is 18.8 Å². The van der Waals surface area contributed by atoms with Crippen molar-refractivity contribution in [3.05, 3.63) is 12.2 Å². The molecule has 0 aromatic heterocycles. The first-order chi connectivity index (χ1) is 11.5. The second-order valence-electron chi connectivity index (χ2n) is 7.96. The Morgan fingerprint density at radius 2 is 2.00 bits per heavy atom. The molecule has 0 saturated heterocycles. The number of ether oxygens (including phenoxy) is 1. The van der Waals surface area contributed by atoms with Crippen LogP contribution in [0, 0.1) is 23.7 Å². The third-order valence-electron chi connectivity index (χ3n) is 6.86. The fourth-order valence-electron chi connectivity index (χ4n) is 5.43. The van der Waals surface area contributed by atoms with E-state index in [1.807, 2.05) is 19.1 Å². The topological polar surface area (TPSA) is 66.8 Å². The predicted octanol–water partition coefficient (Wildman–Crippen LogP) is 2.87. The molecule has 4 nitrogen and oxygen atoms in total. The summed E-state index contributed by atoms with van der Waals surface area (Å²) in [6.07, 6.45) is 10.8. The zero-order valence-corrected chi connectivity index (χ0v) is 15.0. The van der Waals surface area contributed by atoms with Crippen molar-refractivity contribution in [1.29, 1.82) is 0 Å². The standard InChI is InChI=1S/C20H32O4/c1-3-14-18-15(9-10-16(21)13-7-5-4-6-8-13)17(22)11-12-20(18,24-2)19(14)23/h9-10,13-18,21-22H,3-8,11-12H2,1-2H3/b10-9+/t14?,15-,16-,17+,18+,20?/m1/s1. The van der Waals surface area contributed by atoms with Gasteiger partial charge in [-0.1, -0.05) is 38.3 Å². The van der Waals surface area contributed by atoms with Gasteiger partial charge in [-0.05, 0) is 38.0 Å². The predicted molar refractivity (Wildman–Crippen MR) is 92.5 cm³/mol. The van der Waals surface area contributed by atoms with Crippen LogP contribution in [0.25, 0.3) is 0 Å². The first-order valence-corrected chi connectivity index (χ1v) is 9.69. The highest BCUT2D eigenvalue weighted by atomic mass is 16.5. The van der Waals surface area contributed by atoms with Gasteiger partial charge in [0.25, 0.3) is 0 Å². The monoisotopic (exact) mass is 336 g/mol. The molecule has 0 aromatic carbocycles. The summed E-state index contributed by atoms with van der Waals surface area (Å²) in [6.45, 7) is 2.03. The van der Waals surface area contributed by atoms with Crippen LogP contribution in [0.1, 0.15) is 58.3 Å². The zero-order chi connectivity index (χ0) is 17.3. The molecule has 0 aromatic rings. The summed E-state index contributed by atoms with van der Waals surface area (Å²) in [5.74, 6) is 0.461. The Labute approximate surface area is 145 Å². The minimum atomic E-state index is -0.704. The number of methoxy groups -OCH3 is 1. The summed E-state index contributed by atoms with van der Waals surface area (Å²) in [7, 11) is 1.62. The molecule has 3 aliphatic rings. The van der Waals surface area contributed by atoms with E-state index in [4.69, 9.17) is 4.74 Å². The number of carbonyl (C=O) groups is 1. The molecule has 0 amide bonds. The molecule has 3 fully saturated rings. The van der Waals surface area contributed by atoms with Gasteiger partial charge in [-0.3, -0.25) is 4.79 Å². The van der Waals surface area contributed by atoms with Gasteiger partial charge in [-0.15, -0.1) is 0 Å². The molecular weight excluding hydrogens is 304 g/mol. The number of carbonyl (C=O) groups excluding carboxylic acids is 1. The van der Waals surface area contributed by atoms with E-state index in [0.717, 1.165) is 19.3 Å². The molecule has 3 saturated carbocycles. The highest BCUT2D eigenvalue weighted by Crippen LogP contribution is 2.55. The Balaban J connectivity index is 1.74. The fourth-order valence-corrected chi connectivity index (χ4v) is 5.43. The number of ketones is 1. The van der Waals surface area contributed by atoms with E-state index in [-0.39, 0.29) is 23.5 Å². The minimum absolute atomic E-state index is 0.0265. The molecule has 0 radical (unpaired) electrons. The van der Waals surface area contributed by atoms with Gasteiger partial charge in [0.05, 0.1) is 12.2 Å².